The molecule has 0 saturated heterocycles. The number of aliphatic hydroxyl groups is 1. The van der Waals surface area contributed by atoms with Crippen LogP contribution < -0.4 is 5.32 Å². The number of aromatic nitrogens is 1. The van der Waals surface area contributed by atoms with Gasteiger partial charge >= 0.3 is 0 Å². The Kier molecular flexibility index (Phi) is 4.14. The van der Waals surface area contributed by atoms with Crippen LogP contribution in [0.15, 0.2) is 30.5 Å². The van der Waals surface area contributed by atoms with Crippen molar-refractivity contribution in [2.24, 2.45) is 5.92 Å². The highest BCUT2D eigenvalue weighted by molar-refractivity contribution is 5.96. The Hall–Kier alpha value is -2.21. The number of pyridine rings is 1. The number of aliphatic hydroxyl groups excluding tert-OH is 1. The zero-order valence-electron chi connectivity index (χ0n) is 11.4. The van der Waals surface area contributed by atoms with E-state index in [2.05, 4.69) is 10.3 Å². The van der Waals surface area contributed by atoms with Gasteiger partial charge in [-0.1, -0.05) is 13.8 Å². The first-order chi connectivity index (χ1) is 9.54. The average Bonchev–Trinajstić information content (AvgIpc) is 2.43. The molecule has 0 aliphatic heterocycles. The number of fused-ring (bicyclic) bond motifs is 1. The third-order valence-corrected chi connectivity index (χ3v) is 3.29. The number of hydrogen-bond acceptors (Lipinski definition) is 5. The van der Waals surface area contributed by atoms with E-state index in [4.69, 9.17) is 0 Å². The minimum atomic E-state index is -0.417. The van der Waals surface area contributed by atoms with Gasteiger partial charge in [0.05, 0.1) is 28.6 Å². The number of nitrogens with one attached hydrogen (secondary N) is 1. The molecule has 2 N–H and O–H groups in total. The van der Waals surface area contributed by atoms with Crippen molar-refractivity contribution in [3.05, 3.63) is 40.6 Å². The van der Waals surface area contributed by atoms with E-state index in [-0.39, 0.29) is 24.3 Å². The molecule has 2 rings (SSSR count). The van der Waals surface area contributed by atoms with Gasteiger partial charge in [0.15, 0.2) is 0 Å². The fourth-order valence-corrected chi connectivity index (χ4v) is 2.06. The van der Waals surface area contributed by atoms with Gasteiger partial charge in [-0.3, -0.25) is 15.1 Å². The minimum absolute atomic E-state index is 0.0109. The normalized spacial score (nSPS) is 12.6. The van der Waals surface area contributed by atoms with E-state index in [9.17, 15) is 15.2 Å². The monoisotopic (exact) mass is 275 g/mol. The van der Waals surface area contributed by atoms with Crippen LogP contribution in [0.5, 0.6) is 0 Å². The van der Waals surface area contributed by atoms with Gasteiger partial charge in [-0.15, -0.1) is 0 Å². The summed E-state index contributed by atoms with van der Waals surface area (Å²) in [6.45, 7) is 3.98. The summed E-state index contributed by atoms with van der Waals surface area (Å²) in [6, 6.07) is 6.32. The molecule has 0 aliphatic rings. The number of rotatable bonds is 5. The second-order valence-electron chi connectivity index (χ2n) is 4.97. The number of nitro benzene ring substituents is 1. The van der Waals surface area contributed by atoms with Gasteiger partial charge in [-0.2, -0.15) is 0 Å². The predicted molar refractivity (Wildman–Crippen MR) is 77.7 cm³/mol. The van der Waals surface area contributed by atoms with Crippen molar-refractivity contribution in [2.45, 2.75) is 19.9 Å². The summed E-state index contributed by atoms with van der Waals surface area (Å²) < 4.78 is 0. The Morgan fingerprint density at radius 3 is 2.75 bits per heavy atom. The second-order valence-corrected chi connectivity index (χ2v) is 4.97. The molecule has 0 fully saturated rings. The van der Waals surface area contributed by atoms with Gasteiger partial charge in [0.1, 0.15) is 5.52 Å². The van der Waals surface area contributed by atoms with Crippen molar-refractivity contribution >= 4 is 22.3 Å². The SMILES string of the molecule is CC(C)[C@@H](CO)Nc1ccc([N+](=O)[O-])c2cccnc12. The van der Waals surface area contributed by atoms with Crippen molar-refractivity contribution < 1.29 is 10.0 Å². The zero-order valence-corrected chi connectivity index (χ0v) is 11.4. The van der Waals surface area contributed by atoms with Crippen LogP contribution in [0.25, 0.3) is 10.9 Å². The third-order valence-electron chi connectivity index (χ3n) is 3.29. The molecule has 0 spiro atoms. The average molecular weight is 275 g/mol. The molecule has 0 saturated carbocycles. The molecule has 2 aromatic rings. The molecule has 0 amide bonds. The van der Waals surface area contributed by atoms with E-state index in [1.165, 1.54) is 6.07 Å². The Morgan fingerprint density at radius 2 is 2.15 bits per heavy atom. The Balaban J connectivity index is 2.50. The van der Waals surface area contributed by atoms with Gasteiger partial charge < -0.3 is 10.4 Å². The third kappa shape index (κ3) is 2.70. The lowest BCUT2D eigenvalue weighted by Crippen LogP contribution is -2.29. The van der Waals surface area contributed by atoms with Crippen LogP contribution >= 0.6 is 0 Å². The van der Waals surface area contributed by atoms with Gasteiger partial charge in [0, 0.05) is 12.3 Å². The number of non-ortho nitro benzene ring substituents is 1. The van der Waals surface area contributed by atoms with Gasteiger partial charge in [0.25, 0.3) is 5.69 Å². The smallest absolute Gasteiger partial charge is 0.278 e. The minimum Gasteiger partial charge on any atom is -0.394 e. The van der Waals surface area contributed by atoms with Crippen molar-refractivity contribution in [1.29, 1.82) is 0 Å². The summed E-state index contributed by atoms with van der Waals surface area (Å²) in [5.41, 5.74) is 1.27. The van der Waals surface area contributed by atoms with E-state index in [0.717, 1.165) is 0 Å². The predicted octanol–water partition coefficient (Wildman–Crippen LogP) is 2.57. The zero-order chi connectivity index (χ0) is 14.7. The van der Waals surface area contributed by atoms with Crippen LogP contribution in [-0.4, -0.2) is 27.7 Å². The van der Waals surface area contributed by atoms with Crippen LogP contribution in [0.2, 0.25) is 0 Å². The number of anilines is 1. The van der Waals surface area contributed by atoms with Gasteiger partial charge in [-0.25, -0.2) is 0 Å². The lowest BCUT2D eigenvalue weighted by Gasteiger charge is -2.21. The molecule has 0 bridgehead atoms. The van der Waals surface area contributed by atoms with Gasteiger partial charge in [0.2, 0.25) is 0 Å². The van der Waals surface area contributed by atoms with E-state index >= 15 is 0 Å². The molecule has 1 aromatic carbocycles. The summed E-state index contributed by atoms with van der Waals surface area (Å²) in [6.07, 6.45) is 1.60. The highest BCUT2D eigenvalue weighted by Crippen LogP contribution is 2.30. The fourth-order valence-electron chi connectivity index (χ4n) is 2.06. The summed E-state index contributed by atoms with van der Waals surface area (Å²) >= 11 is 0. The quantitative estimate of drug-likeness (QED) is 0.646. The van der Waals surface area contributed by atoms with Crippen molar-refractivity contribution in [1.82, 2.24) is 4.98 Å². The molecule has 1 atom stereocenters. The summed E-state index contributed by atoms with van der Waals surface area (Å²) in [5.74, 6) is 0.231. The van der Waals surface area contributed by atoms with Crippen molar-refractivity contribution in [3.63, 3.8) is 0 Å². The standard InChI is InChI=1S/C14H17N3O3/c1-9(2)12(8-18)16-11-5-6-13(17(19)20)10-4-3-7-15-14(10)11/h3-7,9,12,16,18H,8H2,1-2H3/t12-/m1/s1. The first-order valence-corrected chi connectivity index (χ1v) is 6.44. The van der Waals surface area contributed by atoms with Gasteiger partial charge in [-0.05, 0) is 24.1 Å². The largest absolute Gasteiger partial charge is 0.394 e. The highest BCUT2D eigenvalue weighted by atomic mass is 16.6. The molecule has 106 valence electrons. The highest BCUT2D eigenvalue weighted by Gasteiger charge is 2.18. The Morgan fingerprint density at radius 1 is 1.40 bits per heavy atom. The molecule has 6 heteroatoms. The van der Waals surface area contributed by atoms with E-state index in [0.29, 0.717) is 16.6 Å². The van der Waals surface area contributed by atoms with E-state index in [1.54, 1.807) is 24.4 Å². The second kappa shape index (κ2) is 5.83. The maximum Gasteiger partial charge on any atom is 0.278 e. The van der Waals surface area contributed by atoms with Crippen LogP contribution in [0.4, 0.5) is 11.4 Å². The molecule has 0 radical (unpaired) electrons. The number of hydrogen-bond donors (Lipinski definition) is 2. The first-order valence-electron chi connectivity index (χ1n) is 6.44. The van der Waals surface area contributed by atoms with Crippen LogP contribution in [-0.2, 0) is 0 Å². The van der Waals surface area contributed by atoms with Crippen molar-refractivity contribution in [3.8, 4) is 0 Å². The molecule has 6 nitrogen and oxygen atoms in total. The van der Waals surface area contributed by atoms with Crippen LogP contribution in [0.1, 0.15) is 13.8 Å². The van der Waals surface area contributed by atoms with Crippen LogP contribution in [0, 0.1) is 16.0 Å². The lowest BCUT2D eigenvalue weighted by atomic mass is 10.0. The summed E-state index contributed by atoms with van der Waals surface area (Å²) in [7, 11) is 0. The maximum atomic E-state index is 11.0. The Bertz CT molecular complexity index is 628. The number of nitrogens with zero attached hydrogens (tertiary/aromatic N) is 2. The Labute approximate surface area is 116 Å². The van der Waals surface area contributed by atoms with Crippen molar-refractivity contribution in [2.75, 3.05) is 11.9 Å². The molecule has 0 aliphatic carbocycles. The van der Waals surface area contributed by atoms with E-state index in [1.807, 2.05) is 13.8 Å². The van der Waals surface area contributed by atoms with E-state index < -0.39 is 4.92 Å². The van der Waals surface area contributed by atoms with Crippen LogP contribution in [0.3, 0.4) is 0 Å². The topological polar surface area (TPSA) is 88.3 Å². The fraction of sp³-hybridized carbons (Fsp3) is 0.357. The molecular formula is C14H17N3O3. The first kappa shape index (κ1) is 14.2. The lowest BCUT2D eigenvalue weighted by molar-refractivity contribution is -0.383. The summed E-state index contributed by atoms with van der Waals surface area (Å²) in [4.78, 5) is 14.8. The molecule has 20 heavy (non-hydrogen) atoms. The molecule has 0 unspecified atom stereocenters. The molecular weight excluding hydrogens is 258 g/mol. The molecule has 1 heterocycles. The maximum absolute atomic E-state index is 11.0. The molecule has 1 aromatic heterocycles. The number of benzene rings is 1. The number of nitro groups is 1. The summed E-state index contributed by atoms with van der Waals surface area (Å²) in [5, 5.41) is 24.1.